The maximum atomic E-state index is 11.9. The van der Waals surface area contributed by atoms with Crippen LogP contribution in [0.5, 0.6) is 0 Å². The molecule has 0 radical (unpaired) electrons. The molecule has 1 aromatic rings. The molecule has 2 rings (SSSR count). The largest absolute Gasteiger partial charge is 0.370 e. The molecule has 1 saturated heterocycles. The summed E-state index contributed by atoms with van der Waals surface area (Å²) < 4.78 is 26.6. The minimum Gasteiger partial charge on any atom is -0.370 e. The lowest BCUT2D eigenvalue weighted by molar-refractivity contribution is 0.270. The van der Waals surface area contributed by atoms with E-state index in [4.69, 9.17) is 5.73 Å². The Balaban J connectivity index is 1.79. The van der Waals surface area contributed by atoms with Gasteiger partial charge in [0.2, 0.25) is 10.0 Å². The van der Waals surface area contributed by atoms with E-state index in [9.17, 15) is 8.42 Å². The van der Waals surface area contributed by atoms with Gasteiger partial charge in [-0.05, 0) is 30.2 Å². The molecule has 21 heavy (non-hydrogen) atoms. The molecule has 0 aliphatic carbocycles. The molecule has 1 fully saturated rings. The second kappa shape index (κ2) is 7.24. The molecule has 3 N–H and O–H groups in total. The number of aliphatic imine (C=N–C) groups is 1. The number of guanidine groups is 1. The third kappa shape index (κ3) is 4.69. The first-order chi connectivity index (χ1) is 9.99. The zero-order valence-corrected chi connectivity index (χ0v) is 13.8. The molecule has 2 heterocycles. The summed E-state index contributed by atoms with van der Waals surface area (Å²) in [4.78, 5) is 6.33. The highest BCUT2D eigenvalue weighted by Gasteiger charge is 2.17. The number of sulfonamides is 1. The number of piperidine rings is 1. The van der Waals surface area contributed by atoms with Gasteiger partial charge in [-0.2, -0.15) is 0 Å². The minimum atomic E-state index is -3.40. The Hall–Kier alpha value is -1.12. The van der Waals surface area contributed by atoms with Crippen molar-refractivity contribution in [3.05, 3.63) is 17.5 Å². The lowest BCUT2D eigenvalue weighted by Crippen LogP contribution is -2.43. The molecule has 1 aliphatic heterocycles. The number of thiophene rings is 1. The lowest BCUT2D eigenvalue weighted by atomic mass is 10.0. The van der Waals surface area contributed by atoms with Gasteiger partial charge in [-0.3, -0.25) is 4.99 Å². The molecule has 1 atom stereocenters. The molecule has 1 aliphatic rings. The maximum Gasteiger partial charge on any atom is 0.250 e. The predicted octanol–water partition coefficient (Wildman–Crippen LogP) is 1.07. The SMILES string of the molecule is CC1CCCN(C(N)=NCCNS(=O)(=O)c2cccs2)C1. The number of hydrogen-bond acceptors (Lipinski definition) is 4. The summed E-state index contributed by atoms with van der Waals surface area (Å²) in [6.45, 7) is 4.66. The zero-order chi connectivity index (χ0) is 15.3. The van der Waals surface area contributed by atoms with Crippen molar-refractivity contribution in [1.29, 1.82) is 0 Å². The van der Waals surface area contributed by atoms with E-state index in [1.165, 1.54) is 17.8 Å². The fraction of sp³-hybridized carbons (Fsp3) is 0.615. The second-order valence-electron chi connectivity index (χ2n) is 5.26. The summed E-state index contributed by atoms with van der Waals surface area (Å²) in [5.74, 6) is 1.14. The van der Waals surface area contributed by atoms with Gasteiger partial charge in [-0.25, -0.2) is 13.1 Å². The van der Waals surface area contributed by atoms with Crippen molar-refractivity contribution >= 4 is 27.3 Å². The van der Waals surface area contributed by atoms with Crippen LogP contribution in [0.1, 0.15) is 19.8 Å². The maximum absolute atomic E-state index is 11.9. The zero-order valence-electron chi connectivity index (χ0n) is 12.2. The second-order valence-corrected chi connectivity index (χ2v) is 8.20. The van der Waals surface area contributed by atoms with Crippen LogP contribution in [-0.4, -0.2) is 45.5 Å². The summed E-state index contributed by atoms with van der Waals surface area (Å²) in [6.07, 6.45) is 2.35. The molecule has 0 bridgehead atoms. The Morgan fingerprint density at radius 3 is 3.10 bits per heavy atom. The van der Waals surface area contributed by atoms with Crippen LogP contribution in [-0.2, 0) is 10.0 Å². The smallest absolute Gasteiger partial charge is 0.250 e. The van der Waals surface area contributed by atoms with Crippen molar-refractivity contribution in [1.82, 2.24) is 9.62 Å². The van der Waals surface area contributed by atoms with Crippen LogP contribution >= 0.6 is 11.3 Å². The molecule has 118 valence electrons. The first kappa shape index (κ1) is 16.3. The van der Waals surface area contributed by atoms with Gasteiger partial charge in [-0.1, -0.05) is 13.0 Å². The Morgan fingerprint density at radius 2 is 2.43 bits per heavy atom. The number of nitrogens with one attached hydrogen (secondary N) is 1. The molecule has 6 nitrogen and oxygen atoms in total. The molecule has 1 unspecified atom stereocenters. The molecular weight excluding hydrogens is 308 g/mol. The standard InChI is InChI=1S/C13H22N4O2S2/c1-11-4-2-8-17(10-11)13(14)15-6-7-16-21(18,19)12-5-3-9-20-12/h3,5,9,11,16H,2,4,6-8,10H2,1H3,(H2,14,15). The van der Waals surface area contributed by atoms with Crippen LogP contribution in [0.2, 0.25) is 0 Å². The lowest BCUT2D eigenvalue weighted by Gasteiger charge is -2.31. The molecule has 0 amide bonds. The highest BCUT2D eigenvalue weighted by molar-refractivity contribution is 7.91. The van der Waals surface area contributed by atoms with Crippen molar-refractivity contribution in [3.63, 3.8) is 0 Å². The normalized spacial score (nSPS) is 20.7. The first-order valence-corrected chi connectivity index (χ1v) is 9.43. The minimum absolute atomic E-state index is 0.254. The number of nitrogens with zero attached hydrogens (tertiary/aromatic N) is 2. The quantitative estimate of drug-likeness (QED) is 0.480. The average Bonchev–Trinajstić information content (AvgIpc) is 2.98. The third-order valence-electron chi connectivity index (χ3n) is 3.42. The summed E-state index contributed by atoms with van der Waals surface area (Å²) >= 11 is 1.20. The van der Waals surface area contributed by atoms with Crippen molar-refractivity contribution in [2.24, 2.45) is 16.6 Å². The van der Waals surface area contributed by atoms with E-state index in [-0.39, 0.29) is 6.54 Å². The molecule has 1 aromatic heterocycles. The number of nitrogens with two attached hydrogens (primary N) is 1. The van der Waals surface area contributed by atoms with Gasteiger partial charge in [0.05, 0.1) is 6.54 Å². The highest BCUT2D eigenvalue weighted by atomic mass is 32.2. The topological polar surface area (TPSA) is 87.8 Å². The van der Waals surface area contributed by atoms with Gasteiger partial charge in [0.1, 0.15) is 4.21 Å². The van der Waals surface area contributed by atoms with Crippen LogP contribution < -0.4 is 10.5 Å². The van der Waals surface area contributed by atoms with Gasteiger partial charge in [0.25, 0.3) is 0 Å². The summed E-state index contributed by atoms with van der Waals surface area (Å²) in [6, 6.07) is 3.30. The number of hydrogen-bond donors (Lipinski definition) is 2. The number of likely N-dealkylation sites (tertiary alicyclic amines) is 1. The van der Waals surface area contributed by atoms with Crippen LogP contribution in [0.3, 0.4) is 0 Å². The molecule has 0 aromatic carbocycles. The van der Waals surface area contributed by atoms with E-state index in [0.717, 1.165) is 19.5 Å². The average molecular weight is 330 g/mol. The van der Waals surface area contributed by atoms with Gasteiger partial charge in [0.15, 0.2) is 5.96 Å². The Labute approximate surface area is 130 Å². The molecule has 0 saturated carbocycles. The van der Waals surface area contributed by atoms with Crippen LogP contribution in [0, 0.1) is 5.92 Å². The van der Waals surface area contributed by atoms with Gasteiger partial charge >= 0.3 is 0 Å². The fourth-order valence-corrected chi connectivity index (χ4v) is 4.39. The summed E-state index contributed by atoms with van der Waals surface area (Å²) in [7, 11) is -3.40. The van der Waals surface area contributed by atoms with Crippen molar-refractivity contribution in [2.75, 3.05) is 26.2 Å². The fourth-order valence-electron chi connectivity index (χ4n) is 2.34. The van der Waals surface area contributed by atoms with Crippen LogP contribution in [0.15, 0.2) is 26.7 Å². The van der Waals surface area contributed by atoms with Gasteiger partial charge in [-0.15, -0.1) is 11.3 Å². The summed E-state index contributed by atoms with van der Waals surface area (Å²) in [5, 5.41) is 1.74. The first-order valence-electron chi connectivity index (χ1n) is 7.07. The van der Waals surface area contributed by atoms with Crippen molar-refractivity contribution in [3.8, 4) is 0 Å². The Kier molecular flexibility index (Phi) is 5.60. The molecular formula is C13H22N4O2S2. The van der Waals surface area contributed by atoms with Crippen molar-refractivity contribution in [2.45, 2.75) is 24.0 Å². The third-order valence-corrected chi connectivity index (χ3v) is 6.28. The van der Waals surface area contributed by atoms with E-state index >= 15 is 0 Å². The van der Waals surface area contributed by atoms with E-state index < -0.39 is 10.0 Å². The number of rotatable bonds is 5. The van der Waals surface area contributed by atoms with E-state index in [1.807, 2.05) is 0 Å². The molecule has 8 heteroatoms. The van der Waals surface area contributed by atoms with Crippen LogP contribution in [0.25, 0.3) is 0 Å². The Morgan fingerprint density at radius 1 is 1.62 bits per heavy atom. The Bertz CT molecular complexity index is 569. The van der Waals surface area contributed by atoms with E-state index in [2.05, 4.69) is 21.5 Å². The van der Waals surface area contributed by atoms with Gasteiger partial charge in [0, 0.05) is 19.6 Å². The van der Waals surface area contributed by atoms with Crippen molar-refractivity contribution < 1.29 is 8.42 Å². The molecule has 0 spiro atoms. The highest BCUT2D eigenvalue weighted by Crippen LogP contribution is 2.15. The van der Waals surface area contributed by atoms with E-state index in [0.29, 0.717) is 22.6 Å². The van der Waals surface area contributed by atoms with Crippen LogP contribution in [0.4, 0.5) is 0 Å². The summed E-state index contributed by atoms with van der Waals surface area (Å²) in [5.41, 5.74) is 5.96. The van der Waals surface area contributed by atoms with Gasteiger partial charge < -0.3 is 10.6 Å². The van der Waals surface area contributed by atoms with E-state index in [1.54, 1.807) is 17.5 Å². The monoisotopic (exact) mass is 330 g/mol. The predicted molar refractivity (Wildman–Crippen MR) is 86.0 cm³/mol.